The number of nitrogens with zero attached hydrogens (tertiary/aromatic N) is 2. The molecule has 2 heterocycles. The molecule has 58 heavy (non-hydrogen) atoms. The number of hydrogen-bond acceptors (Lipinski definition) is 8. The van der Waals surface area contributed by atoms with Crippen LogP contribution in [0.5, 0.6) is 11.5 Å². The maximum absolute atomic E-state index is 13.4. The molecule has 2 aliphatic rings. The molecule has 0 spiro atoms. The van der Waals surface area contributed by atoms with Crippen molar-refractivity contribution in [3.63, 3.8) is 0 Å². The molecule has 2 N–H and O–H groups in total. The number of rotatable bonds is 12. The number of ether oxygens (including phenoxy) is 2. The monoisotopic (exact) mass is 852 g/mol. The second kappa shape index (κ2) is 16.8. The summed E-state index contributed by atoms with van der Waals surface area (Å²) in [5, 5.41) is 5.33. The molecule has 20 heteroatoms. The molecule has 308 valence electrons. The van der Waals surface area contributed by atoms with E-state index in [2.05, 4.69) is 20.1 Å². The summed E-state index contributed by atoms with van der Waals surface area (Å²) in [4.78, 5) is 25.0. The van der Waals surface area contributed by atoms with Crippen LogP contribution < -0.4 is 20.1 Å². The average molecular weight is 853 g/mol. The van der Waals surface area contributed by atoms with Crippen molar-refractivity contribution in [3.05, 3.63) is 108 Å². The van der Waals surface area contributed by atoms with E-state index in [9.17, 15) is 52.8 Å². The molecule has 0 saturated carbocycles. The summed E-state index contributed by atoms with van der Waals surface area (Å²) in [6, 6.07) is 19.4. The standard InChI is InChI=1S/C38H34F6N4O8S2/c39-37(40,41)55-31-9-1-3-11-33(31)57(51,52)47-23-5-7-29(47)35(49)45-27-19-15-25(16-20-27)13-14-26-17-21-28(22-18-26)46-36(50)30-8-6-24-48(30)58(53,54)34-12-4-2-10-32(34)56-38(42,43)44/h1-4,9-22,29-30H,5-8,23-24H2,(H,45,49)(H,46,50)/t29-,30-/m0/s1. The normalized spacial score (nSPS) is 18.3. The summed E-state index contributed by atoms with van der Waals surface area (Å²) in [5.41, 5.74) is 2.12. The lowest BCUT2D eigenvalue weighted by molar-refractivity contribution is -0.276. The van der Waals surface area contributed by atoms with E-state index in [1.54, 1.807) is 60.7 Å². The van der Waals surface area contributed by atoms with Gasteiger partial charge >= 0.3 is 12.7 Å². The number of sulfonamides is 2. The van der Waals surface area contributed by atoms with Crippen molar-refractivity contribution in [2.75, 3.05) is 23.7 Å². The van der Waals surface area contributed by atoms with E-state index in [0.717, 1.165) is 32.9 Å². The van der Waals surface area contributed by atoms with Crippen LogP contribution in [-0.4, -0.2) is 75.2 Å². The molecule has 0 bridgehead atoms. The largest absolute Gasteiger partial charge is 0.573 e. The highest BCUT2D eigenvalue weighted by atomic mass is 32.2. The van der Waals surface area contributed by atoms with E-state index < -0.39 is 78.0 Å². The summed E-state index contributed by atoms with van der Waals surface area (Å²) >= 11 is 0. The third kappa shape index (κ3) is 9.98. The first-order valence-corrected chi connectivity index (χ1v) is 20.4. The average Bonchev–Trinajstić information content (AvgIpc) is 3.87. The van der Waals surface area contributed by atoms with Crippen molar-refractivity contribution < 1.29 is 62.2 Å². The van der Waals surface area contributed by atoms with Crippen molar-refractivity contribution in [3.8, 4) is 11.5 Å². The molecular formula is C38H34F6N4O8S2. The molecule has 4 aromatic carbocycles. The van der Waals surface area contributed by atoms with Crippen LogP contribution in [0.25, 0.3) is 12.2 Å². The number of amides is 2. The molecule has 6 rings (SSSR count). The second-order valence-electron chi connectivity index (χ2n) is 13.1. The molecule has 0 unspecified atom stereocenters. The van der Waals surface area contributed by atoms with Gasteiger partial charge in [0.05, 0.1) is 0 Å². The molecule has 0 radical (unpaired) electrons. The van der Waals surface area contributed by atoms with Crippen molar-refractivity contribution in [1.82, 2.24) is 8.61 Å². The van der Waals surface area contributed by atoms with Crippen LogP contribution in [0.1, 0.15) is 36.8 Å². The smallest absolute Gasteiger partial charge is 0.404 e. The molecule has 2 fully saturated rings. The van der Waals surface area contributed by atoms with Crippen LogP contribution in [0.4, 0.5) is 37.7 Å². The summed E-state index contributed by atoms with van der Waals surface area (Å²) in [7, 11) is -9.09. The lowest BCUT2D eigenvalue weighted by atomic mass is 10.1. The fourth-order valence-corrected chi connectivity index (χ4v) is 10.1. The second-order valence-corrected chi connectivity index (χ2v) is 16.8. The van der Waals surface area contributed by atoms with Gasteiger partial charge in [-0.1, -0.05) is 60.7 Å². The molecule has 4 aromatic rings. The Hall–Kier alpha value is -5.44. The van der Waals surface area contributed by atoms with Crippen molar-refractivity contribution >= 4 is 55.4 Å². The van der Waals surface area contributed by atoms with Crippen molar-refractivity contribution in [2.24, 2.45) is 0 Å². The number of nitrogens with one attached hydrogen (secondary N) is 2. The van der Waals surface area contributed by atoms with Crippen LogP contribution in [0.15, 0.2) is 107 Å². The van der Waals surface area contributed by atoms with Gasteiger partial charge in [-0.2, -0.15) is 8.61 Å². The van der Waals surface area contributed by atoms with Gasteiger partial charge in [0, 0.05) is 24.5 Å². The van der Waals surface area contributed by atoms with Gasteiger partial charge < -0.3 is 20.1 Å². The molecule has 2 amide bonds. The third-order valence-electron chi connectivity index (χ3n) is 9.16. The number of benzene rings is 4. The number of para-hydroxylation sites is 2. The van der Waals surface area contributed by atoms with Gasteiger partial charge in [-0.05, 0) is 85.3 Å². The van der Waals surface area contributed by atoms with Crippen LogP contribution in [0.3, 0.4) is 0 Å². The lowest BCUT2D eigenvalue weighted by Gasteiger charge is -2.24. The topological polar surface area (TPSA) is 151 Å². The van der Waals surface area contributed by atoms with Gasteiger partial charge in [-0.15, -0.1) is 26.3 Å². The van der Waals surface area contributed by atoms with Gasteiger partial charge in [0.25, 0.3) is 0 Å². The van der Waals surface area contributed by atoms with Gasteiger partial charge in [-0.25, -0.2) is 16.8 Å². The highest BCUT2D eigenvalue weighted by molar-refractivity contribution is 7.89. The summed E-state index contributed by atoms with van der Waals surface area (Å²) < 4.78 is 141. The first-order chi connectivity index (χ1) is 27.3. The molecule has 2 aliphatic heterocycles. The molecule has 2 atom stereocenters. The van der Waals surface area contributed by atoms with E-state index in [1.807, 2.05) is 0 Å². The predicted octanol–water partition coefficient (Wildman–Crippen LogP) is 7.24. The minimum atomic E-state index is -5.13. The Morgan fingerprint density at radius 3 is 1.26 bits per heavy atom. The van der Waals surface area contributed by atoms with Crippen LogP contribution in [0.2, 0.25) is 0 Å². The fraction of sp³-hybridized carbons (Fsp3) is 0.263. The van der Waals surface area contributed by atoms with Crippen molar-refractivity contribution in [2.45, 2.75) is 60.3 Å². The Kier molecular flexibility index (Phi) is 12.2. The Balaban J connectivity index is 1.05. The zero-order chi connectivity index (χ0) is 41.9. The van der Waals surface area contributed by atoms with Crippen LogP contribution in [-0.2, 0) is 29.6 Å². The lowest BCUT2D eigenvalue weighted by Crippen LogP contribution is -2.43. The van der Waals surface area contributed by atoms with E-state index in [4.69, 9.17) is 0 Å². The summed E-state index contributed by atoms with van der Waals surface area (Å²) in [6.07, 6.45) is -5.83. The number of carbonyl (C=O) groups is 2. The van der Waals surface area contributed by atoms with Crippen LogP contribution >= 0.6 is 0 Å². The molecular weight excluding hydrogens is 819 g/mol. The van der Waals surface area contributed by atoms with Gasteiger partial charge in [0.1, 0.15) is 33.4 Å². The zero-order valence-electron chi connectivity index (χ0n) is 30.0. The highest BCUT2D eigenvalue weighted by Gasteiger charge is 2.44. The van der Waals surface area contributed by atoms with Crippen LogP contribution in [0, 0.1) is 0 Å². The third-order valence-corrected chi connectivity index (χ3v) is 13.1. The minimum absolute atomic E-state index is 0.0794. The minimum Gasteiger partial charge on any atom is -0.404 e. The predicted molar refractivity (Wildman–Crippen MR) is 199 cm³/mol. The first-order valence-electron chi connectivity index (χ1n) is 17.5. The first kappa shape index (κ1) is 42.2. The molecule has 0 aliphatic carbocycles. The summed E-state index contributed by atoms with van der Waals surface area (Å²) in [6.45, 7) is -0.159. The van der Waals surface area contributed by atoms with Gasteiger partial charge in [0.15, 0.2) is 0 Å². The number of hydrogen-bond donors (Lipinski definition) is 2. The maximum atomic E-state index is 13.4. The van der Waals surface area contributed by atoms with E-state index in [1.165, 1.54) is 24.3 Å². The van der Waals surface area contributed by atoms with Crippen molar-refractivity contribution in [1.29, 1.82) is 0 Å². The van der Waals surface area contributed by atoms with E-state index in [-0.39, 0.29) is 25.9 Å². The molecule has 2 saturated heterocycles. The van der Waals surface area contributed by atoms with E-state index >= 15 is 0 Å². The van der Waals surface area contributed by atoms with Gasteiger partial charge in [-0.3, -0.25) is 9.59 Å². The summed E-state index contributed by atoms with van der Waals surface area (Å²) in [5.74, 6) is -3.12. The van der Waals surface area contributed by atoms with Gasteiger partial charge in [0.2, 0.25) is 31.9 Å². The maximum Gasteiger partial charge on any atom is 0.573 e. The number of anilines is 2. The Morgan fingerprint density at radius 2 is 0.914 bits per heavy atom. The Bertz CT molecular complexity index is 2230. The number of carbonyl (C=O) groups excluding carboxylic acids is 2. The van der Waals surface area contributed by atoms with E-state index in [0.29, 0.717) is 35.3 Å². The Morgan fingerprint density at radius 1 is 0.569 bits per heavy atom. The highest BCUT2D eigenvalue weighted by Crippen LogP contribution is 2.36. The quantitative estimate of drug-likeness (QED) is 0.112. The molecule has 12 nitrogen and oxygen atoms in total. The number of alkyl halides is 6. The number of halogens is 6. The molecule has 0 aromatic heterocycles. The fourth-order valence-electron chi connectivity index (χ4n) is 6.58. The Labute approximate surface area is 329 Å². The zero-order valence-corrected chi connectivity index (χ0v) is 31.7. The SMILES string of the molecule is O=C(Nc1ccc(C=Cc2ccc(NC(=O)[C@@H]3CCCN3S(=O)(=O)c3ccccc3OC(F)(F)F)cc2)cc1)[C@@H]1CCCN1S(=O)(=O)c1ccccc1OC(F)(F)F.